The van der Waals surface area contributed by atoms with E-state index < -0.39 is 11.9 Å². The van der Waals surface area contributed by atoms with Gasteiger partial charge in [0, 0.05) is 11.6 Å². The monoisotopic (exact) mass is 366 g/mol. The van der Waals surface area contributed by atoms with Crippen LogP contribution < -0.4 is 10.1 Å². The zero-order valence-corrected chi connectivity index (χ0v) is 14.9. The zero-order valence-electron chi connectivity index (χ0n) is 14.9. The summed E-state index contributed by atoms with van der Waals surface area (Å²) in [5.74, 6) is 0.362. The molecule has 7 nitrogen and oxygen atoms in total. The first-order valence-electron chi connectivity index (χ1n) is 8.18. The molecule has 7 heteroatoms. The van der Waals surface area contributed by atoms with Gasteiger partial charge in [-0.15, -0.1) is 0 Å². The summed E-state index contributed by atoms with van der Waals surface area (Å²) in [6.45, 7) is 0.161. The summed E-state index contributed by atoms with van der Waals surface area (Å²) in [6.07, 6.45) is 0. The molecular weight excluding hydrogens is 348 g/mol. The number of carbonyl (C=O) groups excluding carboxylic acids is 2. The van der Waals surface area contributed by atoms with Gasteiger partial charge in [0.25, 0.3) is 5.91 Å². The fourth-order valence-electron chi connectivity index (χ4n) is 2.52. The molecule has 0 spiro atoms. The molecule has 3 rings (SSSR count). The number of methoxy groups -OCH3 is 2. The molecule has 3 aromatic rings. The van der Waals surface area contributed by atoms with Gasteiger partial charge in [-0.25, -0.2) is 4.79 Å². The van der Waals surface area contributed by atoms with E-state index in [9.17, 15) is 9.59 Å². The van der Waals surface area contributed by atoms with Crippen molar-refractivity contribution in [3.05, 3.63) is 71.4 Å². The van der Waals surface area contributed by atoms with Gasteiger partial charge in [-0.05, 0) is 36.4 Å². The number of hydrogen-bond donors (Lipinski definition) is 1. The Kier molecular flexibility index (Phi) is 5.51. The second-order valence-corrected chi connectivity index (χ2v) is 5.63. The number of carbonyl (C=O) groups is 2. The van der Waals surface area contributed by atoms with Gasteiger partial charge in [0.15, 0.2) is 5.76 Å². The third-order valence-corrected chi connectivity index (χ3v) is 3.94. The van der Waals surface area contributed by atoms with Crippen molar-refractivity contribution in [2.75, 3.05) is 14.2 Å². The van der Waals surface area contributed by atoms with Crippen molar-refractivity contribution < 1.29 is 23.6 Å². The molecule has 0 fully saturated rings. The molecule has 2 aromatic carbocycles. The van der Waals surface area contributed by atoms with Crippen LogP contribution in [0.4, 0.5) is 0 Å². The number of esters is 1. The Balaban J connectivity index is 1.68. The van der Waals surface area contributed by atoms with Gasteiger partial charge in [0.2, 0.25) is 0 Å². The van der Waals surface area contributed by atoms with Crippen molar-refractivity contribution in [2.45, 2.75) is 6.54 Å². The Bertz CT molecular complexity index is 947. The molecule has 138 valence electrons. The summed E-state index contributed by atoms with van der Waals surface area (Å²) >= 11 is 0. The average Bonchev–Trinajstić information content (AvgIpc) is 3.20. The number of amides is 1. The van der Waals surface area contributed by atoms with Crippen molar-refractivity contribution >= 4 is 11.9 Å². The lowest BCUT2D eigenvalue weighted by Crippen LogP contribution is -2.25. The second-order valence-electron chi connectivity index (χ2n) is 5.63. The Morgan fingerprint density at radius 1 is 1.04 bits per heavy atom. The third-order valence-electron chi connectivity index (χ3n) is 3.94. The van der Waals surface area contributed by atoms with E-state index in [1.54, 1.807) is 37.4 Å². The van der Waals surface area contributed by atoms with Gasteiger partial charge in [-0.1, -0.05) is 17.3 Å². The molecule has 1 aromatic heterocycles. The van der Waals surface area contributed by atoms with E-state index in [-0.39, 0.29) is 17.7 Å². The first-order valence-corrected chi connectivity index (χ1v) is 8.18. The predicted octanol–water partition coefficient (Wildman–Crippen LogP) is 3.07. The first kappa shape index (κ1) is 18.2. The summed E-state index contributed by atoms with van der Waals surface area (Å²) in [5, 5.41) is 6.69. The molecule has 0 saturated carbocycles. The number of benzene rings is 2. The van der Waals surface area contributed by atoms with E-state index in [4.69, 9.17) is 14.0 Å². The zero-order chi connectivity index (χ0) is 19.2. The third kappa shape index (κ3) is 4.14. The van der Waals surface area contributed by atoms with E-state index in [1.807, 2.05) is 24.3 Å². The van der Waals surface area contributed by atoms with Gasteiger partial charge in [-0.3, -0.25) is 4.79 Å². The topological polar surface area (TPSA) is 90.7 Å². The fraction of sp³-hybridized carbons (Fsp3) is 0.150. The average molecular weight is 366 g/mol. The summed E-state index contributed by atoms with van der Waals surface area (Å²) in [6, 6.07) is 15.6. The molecule has 1 amide bonds. The molecule has 27 heavy (non-hydrogen) atoms. The highest BCUT2D eigenvalue weighted by Gasteiger charge is 2.17. The van der Waals surface area contributed by atoms with Crippen molar-refractivity contribution in [1.29, 1.82) is 0 Å². The number of hydrogen-bond acceptors (Lipinski definition) is 6. The molecule has 0 aliphatic carbocycles. The van der Waals surface area contributed by atoms with Crippen LogP contribution >= 0.6 is 0 Å². The summed E-state index contributed by atoms with van der Waals surface area (Å²) in [7, 11) is 2.87. The fourth-order valence-corrected chi connectivity index (χ4v) is 2.52. The SMILES string of the molecule is COC(=O)c1ccccc1C(=O)NCc1cc(-c2ccc(OC)cc2)on1. The van der Waals surface area contributed by atoms with E-state index >= 15 is 0 Å². The van der Waals surface area contributed by atoms with Crippen LogP contribution in [0.1, 0.15) is 26.4 Å². The smallest absolute Gasteiger partial charge is 0.338 e. The lowest BCUT2D eigenvalue weighted by Gasteiger charge is -2.07. The lowest BCUT2D eigenvalue weighted by atomic mass is 10.1. The van der Waals surface area contributed by atoms with Crippen LogP contribution in [-0.4, -0.2) is 31.3 Å². The maximum Gasteiger partial charge on any atom is 0.338 e. The van der Waals surface area contributed by atoms with Crippen LogP contribution in [0.25, 0.3) is 11.3 Å². The minimum atomic E-state index is -0.566. The highest BCUT2D eigenvalue weighted by molar-refractivity contribution is 6.05. The number of nitrogens with zero attached hydrogens (tertiary/aromatic N) is 1. The standard InChI is InChI=1S/C20H18N2O5/c1-25-15-9-7-13(8-10-15)18-11-14(22-27-18)12-21-19(23)16-5-3-4-6-17(16)20(24)26-2/h3-11H,12H2,1-2H3,(H,21,23). The summed E-state index contributed by atoms with van der Waals surface area (Å²) < 4.78 is 15.2. The summed E-state index contributed by atoms with van der Waals surface area (Å²) in [4.78, 5) is 24.2. The number of aromatic nitrogens is 1. The van der Waals surface area contributed by atoms with Crippen LogP contribution in [0.15, 0.2) is 59.1 Å². The van der Waals surface area contributed by atoms with Gasteiger partial charge in [0.1, 0.15) is 11.4 Å². The van der Waals surface area contributed by atoms with Crippen molar-refractivity contribution in [2.24, 2.45) is 0 Å². The summed E-state index contributed by atoms with van der Waals surface area (Å²) in [5.41, 5.74) is 1.85. The Hall–Kier alpha value is -3.61. The quantitative estimate of drug-likeness (QED) is 0.674. The predicted molar refractivity (Wildman–Crippen MR) is 97.4 cm³/mol. The van der Waals surface area contributed by atoms with E-state index in [2.05, 4.69) is 10.5 Å². The highest BCUT2D eigenvalue weighted by atomic mass is 16.5. The highest BCUT2D eigenvalue weighted by Crippen LogP contribution is 2.23. The van der Waals surface area contributed by atoms with Crippen molar-refractivity contribution in [3.63, 3.8) is 0 Å². The maximum atomic E-state index is 12.4. The van der Waals surface area contributed by atoms with E-state index in [0.717, 1.165) is 11.3 Å². The second kappa shape index (κ2) is 8.18. The van der Waals surface area contributed by atoms with Gasteiger partial charge < -0.3 is 19.3 Å². The Morgan fingerprint density at radius 2 is 1.74 bits per heavy atom. The van der Waals surface area contributed by atoms with Gasteiger partial charge in [-0.2, -0.15) is 0 Å². The van der Waals surface area contributed by atoms with Crippen LogP contribution in [0.3, 0.4) is 0 Å². The Labute approximate surface area is 155 Å². The molecule has 0 aliphatic rings. The first-order chi connectivity index (χ1) is 13.1. The normalized spacial score (nSPS) is 10.3. The number of nitrogens with one attached hydrogen (secondary N) is 1. The minimum Gasteiger partial charge on any atom is -0.497 e. The molecule has 0 radical (unpaired) electrons. The number of ether oxygens (including phenoxy) is 2. The van der Waals surface area contributed by atoms with Crippen molar-refractivity contribution in [1.82, 2.24) is 10.5 Å². The van der Waals surface area contributed by atoms with Crippen LogP contribution in [0.2, 0.25) is 0 Å². The van der Waals surface area contributed by atoms with Crippen molar-refractivity contribution in [3.8, 4) is 17.1 Å². The van der Waals surface area contributed by atoms with Crippen LogP contribution in [-0.2, 0) is 11.3 Å². The van der Waals surface area contributed by atoms with Gasteiger partial charge in [0.05, 0.1) is 31.9 Å². The number of rotatable bonds is 6. The molecule has 1 N–H and O–H groups in total. The maximum absolute atomic E-state index is 12.4. The van der Waals surface area contributed by atoms with E-state index in [0.29, 0.717) is 11.5 Å². The van der Waals surface area contributed by atoms with E-state index in [1.165, 1.54) is 7.11 Å². The molecule has 0 aliphatic heterocycles. The van der Waals surface area contributed by atoms with Crippen LogP contribution in [0, 0.1) is 0 Å². The Morgan fingerprint density at radius 3 is 2.41 bits per heavy atom. The largest absolute Gasteiger partial charge is 0.497 e. The molecule has 0 atom stereocenters. The minimum absolute atomic E-state index is 0.161. The molecule has 0 saturated heterocycles. The van der Waals surface area contributed by atoms with Gasteiger partial charge >= 0.3 is 5.97 Å². The van der Waals surface area contributed by atoms with Crippen LogP contribution in [0.5, 0.6) is 5.75 Å². The molecular formula is C20H18N2O5. The molecule has 1 heterocycles. The lowest BCUT2D eigenvalue weighted by molar-refractivity contribution is 0.0596. The molecule has 0 bridgehead atoms. The molecule has 0 unspecified atom stereocenters.